The molecule has 12 heavy (non-hydrogen) atoms. The fourth-order valence-electron chi connectivity index (χ4n) is 0.757. The molecule has 0 spiro atoms. The van der Waals surface area contributed by atoms with Crippen molar-refractivity contribution in [2.75, 3.05) is 0 Å². The Morgan fingerprint density at radius 1 is 1.67 bits per heavy atom. The molecule has 1 rings (SSSR count). The van der Waals surface area contributed by atoms with Crippen LogP contribution < -0.4 is 0 Å². The fraction of sp³-hybridized carbons (Fsp3) is 0.143. The van der Waals surface area contributed by atoms with Crippen molar-refractivity contribution in [2.24, 2.45) is 0 Å². The zero-order chi connectivity index (χ0) is 9.14. The Balaban J connectivity index is 3.21. The number of nitrogens with zero attached hydrogens (tertiary/aromatic N) is 1. The molecular weight excluding hydrogens is 245 g/mol. The molecule has 64 valence electrons. The maximum Gasteiger partial charge on any atom is 0.354 e. The summed E-state index contributed by atoms with van der Waals surface area (Å²) in [6.07, 6.45) is 0. The number of aromatic nitrogens is 1. The third-order valence-electron chi connectivity index (χ3n) is 1.29. The van der Waals surface area contributed by atoms with Gasteiger partial charge in [0.15, 0.2) is 5.69 Å². The van der Waals surface area contributed by atoms with Crippen molar-refractivity contribution in [1.82, 2.24) is 4.98 Å². The van der Waals surface area contributed by atoms with Crippen molar-refractivity contribution in [3.8, 4) is 0 Å². The predicted octanol–water partition coefficient (Wildman–Crippen LogP) is 2.33. The minimum absolute atomic E-state index is 0.000579. The second kappa shape index (κ2) is 3.87. The van der Waals surface area contributed by atoms with Gasteiger partial charge in [-0.05, 0) is 11.6 Å². The minimum Gasteiger partial charge on any atom is -0.477 e. The summed E-state index contributed by atoms with van der Waals surface area (Å²) in [5.74, 6) is -1.06. The highest BCUT2D eigenvalue weighted by molar-refractivity contribution is 9.08. The Morgan fingerprint density at radius 2 is 2.33 bits per heavy atom. The number of carboxylic acid groups (broad SMARTS) is 1. The van der Waals surface area contributed by atoms with E-state index in [1.165, 1.54) is 0 Å². The number of aromatic carboxylic acids is 1. The van der Waals surface area contributed by atoms with Gasteiger partial charge in [-0.2, -0.15) is 0 Å². The number of hydrogen-bond acceptors (Lipinski definition) is 2. The molecule has 0 aliphatic rings. The van der Waals surface area contributed by atoms with Crippen LogP contribution in [0.1, 0.15) is 16.1 Å². The molecule has 0 radical (unpaired) electrons. The first-order valence-corrected chi connectivity index (χ1v) is 4.59. The molecule has 0 aliphatic carbocycles. The van der Waals surface area contributed by atoms with E-state index in [-0.39, 0.29) is 10.8 Å². The third kappa shape index (κ3) is 1.95. The van der Waals surface area contributed by atoms with E-state index in [0.29, 0.717) is 10.9 Å². The first-order chi connectivity index (χ1) is 5.65. The van der Waals surface area contributed by atoms with E-state index in [2.05, 4.69) is 20.9 Å². The highest BCUT2D eigenvalue weighted by Crippen LogP contribution is 2.14. The van der Waals surface area contributed by atoms with E-state index in [4.69, 9.17) is 16.7 Å². The van der Waals surface area contributed by atoms with E-state index in [1.54, 1.807) is 12.1 Å². The molecule has 0 aromatic carbocycles. The topological polar surface area (TPSA) is 50.2 Å². The van der Waals surface area contributed by atoms with Gasteiger partial charge in [-0.1, -0.05) is 33.6 Å². The predicted molar refractivity (Wildman–Crippen MR) is 48.8 cm³/mol. The number of pyridine rings is 1. The molecular formula is C7H5BrClNO2. The quantitative estimate of drug-likeness (QED) is 0.647. The van der Waals surface area contributed by atoms with Crippen molar-refractivity contribution in [2.45, 2.75) is 5.33 Å². The third-order valence-corrected chi connectivity index (χ3v) is 2.11. The highest BCUT2D eigenvalue weighted by Gasteiger charge is 2.10. The Kier molecular flexibility index (Phi) is 3.05. The molecule has 0 aliphatic heterocycles. The summed E-state index contributed by atoms with van der Waals surface area (Å²) in [7, 11) is 0. The minimum atomic E-state index is -1.06. The largest absolute Gasteiger partial charge is 0.477 e. The summed E-state index contributed by atoms with van der Waals surface area (Å²) in [6.45, 7) is 0. The van der Waals surface area contributed by atoms with Crippen LogP contribution in [-0.2, 0) is 5.33 Å². The molecule has 1 aromatic heterocycles. The first-order valence-electron chi connectivity index (χ1n) is 3.10. The lowest BCUT2D eigenvalue weighted by Crippen LogP contribution is -2.04. The van der Waals surface area contributed by atoms with Crippen LogP contribution in [0.25, 0.3) is 0 Å². The monoisotopic (exact) mass is 249 g/mol. The summed E-state index contributed by atoms with van der Waals surface area (Å²) in [6, 6.07) is 3.19. The zero-order valence-corrected chi connectivity index (χ0v) is 8.26. The van der Waals surface area contributed by atoms with Crippen LogP contribution in [0.2, 0.25) is 5.15 Å². The smallest absolute Gasteiger partial charge is 0.354 e. The molecule has 0 amide bonds. The van der Waals surface area contributed by atoms with Crippen molar-refractivity contribution in [1.29, 1.82) is 0 Å². The summed E-state index contributed by atoms with van der Waals surface area (Å²) < 4.78 is 0. The van der Waals surface area contributed by atoms with E-state index < -0.39 is 5.97 Å². The van der Waals surface area contributed by atoms with E-state index in [1.807, 2.05) is 0 Å². The van der Waals surface area contributed by atoms with E-state index in [9.17, 15) is 4.79 Å². The number of carbonyl (C=O) groups is 1. The van der Waals surface area contributed by atoms with Gasteiger partial charge in [0.05, 0.1) is 0 Å². The molecule has 5 heteroatoms. The van der Waals surface area contributed by atoms with Crippen molar-refractivity contribution < 1.29 is 9.90 Å². The molecule has 0 saturated carbocycles. The lowest BCUT2D eigenvalue weighted by molar-refractivity contribution is 0.0689. The van der Waals surface area contributed by atoms with Crippen LogP contribution in [0.3, 0.4) is 0 Å². The Morgan fingerprint density at radius 3 is 2.83 bits per heavy atom. The van der Waals surface area contributed by atoms with Crippen LogP contribution >= 0.6 is 27.5 Å². The molecule has 1 aromatic rings. The molecule has 0 fully saturated rings. The van der Waals surface area contributed by atoms with Crippen LogP contribution in [0.4, 0.5) is 0 Å². The standard InChI is InChI=1S/C7H5BrClNO2/c8-3-4-1-2-5(9)10-6(4)7(11)12/h1-2H,3H2,(H,11,12). The lowest BCUT2D eigenvalue weighted by atomic mass is 10.2. The van der Waals surface area contributed by atoms with Gasteiger partial charge in [-0.25, -0.2) is 9.78 Å². The van der Waals surface area contributed by atoms with Crippen molar-refractivity contribution >= 4 is 33.5 Å². The van der Waals surface area contributed by atoms with Gasteiger partial charge in [0.2, 0.25) is 0 Å². The average molecular weight is 250 g/mol. The van der Waals surface area contributed by atoms with Crippen LogP contribution in [0, 0.1) is 0 Å². The summed E-state index contributed by atoms with van der Waals surface area (Å²) >= 11 is 8.68. The normalized spacial score (nSPS) is 9.83. The van der Waals surface area contributed by atoms with Crippen LogP contribution in [0.5, 0.6) is 0 Å². The number of halogens is 2. The van der Waals surface area contributed by atoms with Gasteiger partial charge < -0.3 is 5.11 Å². The first kappa shape index (κ1) is 9.48. The van der Waals surface area contributed by atoms with Gasteiger partial charge in [-0.15, -0.1) is 0 Å². The van der Waals surface area contributed by atoms with Crippen LogP contribution in [-0.4, -0.2) is 16.1 Å². The summed E-state index contributed by atoms with van der Waals surface area (Å²) in [5.41, 5.74) is 0.617. The van der Waals surface area contributed by atoms with Gasteiger partial charge in [-0.3, -0.25) is 0 Å². The molecule has 1 N–H and O–H groups in total. The van der Waals surface area contributed by atoms with Gasteiger partial charge >= 0.3 is 5.97 Å². The maximum absolute atomic E-state index is 10.6. The van der Waals surface area contributed by atoms with Crippen molar-refractivity contribution in [3.63, 3.8) is 0 Å². The molecule has 0 saturated heterocycles. The molecule has 0 bridgehead atoms. The summed E-state index contributed by atoms with van der Waals surface area (Å²) in [4.78, 5) is 14.3. The molecule has 3 nitrogen and oxygen atoms in total. The number of hydrogen-bond donors (Lipinski definition) is 1. The second-order valence-electron chi connectivity index (χ2n) is 2.08. The number of alkyl halides is 1. The number of carboxylic acids is 1. The fourth-order valence-corrected chi connectivity index (χ4v) is 1.36. The maximum atomic E-state index is 10.6. The highest BCUT2D eigenvalue weighted by atomic mass is 79.9. The van der Waals surface area contributed by atoms with Crippen LogP contribution in [0.15, 0.2) is 12.1 Å². The van der Waals surface area contributed by atoms with Gasteiger partial charge in [0, 0.05) is 5.33 Å². The second-order valence-corrected chi connectivity index (χ2v) is 3.03. The molecule has 0 atom stereocenters. The Bertz CT molecular complexity index is 316. The van der Waals surface area contributed by atoms with E-state index in [0.717, 1.165) is 0 Å². The van der Waals surface area contributed by atoms with Gasteiger partial charge in [0.25, 0.3) is 0 Å². The molecule has 1 heterocycles. The number of rotatable bonds is 2. The Hall–Kier alpha value is -0.610. The van der Waals surface area contributed by atoms with Crippen molar-refractivity contribution in [3.05, 3.63) is 28.5 Å². The Labute approximate surface area is 82.5 Å². The molecule has 0 unspecified atom stereocenters. The lowest BCUT2D eigenvalue weighted by Gasteiger charge is -2.00. The average Bonchev–Trinajstić information content (AvgIpc) is 2.04. The van der Waals surface area contributed by atoms with E-state index >= 15 is 0 Å². The zero-order valence-electron chi connectivity index (χ0n) is 5.92. The van der Waals surface area contributed by atoms with Gasteiger partial charge in [0.1, 0.15) is 5.15 Å². The summed E-state index contributed by atoms with van der Waals surface area (Å²) in [5, 5.41) is 9.33. The SMILES string of the molecule is O=C(O)c1nc(Cl)ccc1CBr.